The van der Waals surface area contributed by atoms with Gasteiger partial charge in [-0.2, -0.15) is 0 Å². The number of aromatic nitrogens is 2. The Labute approximate surface area is 90.1 Å². The molecule has 0 fully saturated rings. The summed E-state index contributed by atoms with van der Waals surface area (Å²) in [6, 6.07) is 0. The largest absolute Gasteiger partial charge is 0.480 e. The third kappa shape index (κ3) is 2.75. The molecule has 0 unspecified atom stereocenters. The fourth-order valence-corrected chi connectivity index (χ4v) is 1.09. The Hall–Kier alpha value is -2.49. The highest BCUT2D eigenvalue weighted by Crippen LogP contribution is 1.98. The molecule has 0 saturated heterocycles. The molecule has 0 bridgehead atoms. The topological polar surface area (TPSA) is 106 Å². The number of hydrogen-bond donors (Lipinski definition) is 3. The molecule has 1 rings (SSSR count). The van der Waals surface area contributed by atoms with Gasteiger partial charge in [0.05, 0.1) is 6.54 Å². The molecule has 0 aliphatic heterocycles. The second-order valence-corrected chi connectivity index (χ2v) is 2.92. The van der Waals surface area contributed by atoms with E-state index in [9.17, 15) is 14.4 Å². The van der Waals surface area contributed by atoms with Crippen molar-refractivity contribution in [2.45, 2.75) is 0 Å². The number of carbonyl (C=O) groups is 2. The van der Waals surface area contributed by atoms with Crippen LogP contribution in [-0.2, 0) is 4.79 Å². The van der Waals surface area contributed by atoms with Gasteiger partial charge in [-0.3, -0.25) is 9.59 Å². The summed E-state index contributed by atoms with van der Waals surface area (Å²) in [4.78, 5) is 38.3. The van der Waals surface area contributed by atoms with Crippen LogP contribution < -0.4 is 5.69 Å². The molecular weight excluding hydrogens is 214 g/mol. The van der Waals surface area contributed by atoms with Crippen molar-refractivity contribution in [3.05, 3.63) is 22.4 Å². The lowest BCUT2D eigenvalue weighted by Gasteiger charge is -2.16. The van der Waals surface area contributed by atoms with Crippen LogP contribution in [0.2, 0.25) is 0 Å². The van der Waals surface area contributed by atoms with E-state index >= 15 is 0 Å². The van der Waals surface area contributed by atoms with E-state index in [4.69, 9.17) is 11.5 Å². The van der Waals surface area contributed by atoms with E-state index in [1.54, 1.807) is 0 Å². The summed E-state index contributed by atoms with van der Waals surface area (Å²) in [6.45, 7) is -0.658. The molecule has 0 atom stereocenters. The SMILES string of the molecule is C#CCN(CC(=O)O)C(=O)c1c[nH]c(=O)[nH]1. The zero-order valence-electron chi connectivity index (χ0n) is 8.19. The lowest BCUT2D eigenvalue weighted by Crippen LogP contribution is -2.36. The Morgan fingerprint density at radius 1 is 1.56 bits per heavy atom. The minimum Gasteiger partial charge on any atom is -0.480 e. The summed E-state index contributed by atoms with van der Waals surface area (Å²) in [5.74, 6) is 0.351. The Morgan fingerprint density at radius 3 is 2.69 bits per heavy atom. The smallest absolute Gasteiger partial charge is 0.323 e. The van der Waals surface area contributed by atoms with Crippen LogP contribution in [-0.4, -0.2) is 44.9 Å². The van der Waals surface area contributed by atoms with Crippen molar-refractivity contribution in [1.29, 1.82) is 0 Å². The zero-order chi connectivity index (χ0) is 12.1. The number of amides is 1. The number of nitrogens with one attached hydrogen (secondary N) is 2. The van der Waals surface area contributed by atoms with Crippen LogP contribution in [0.4, 0.5) is 0 Å². The maximum absolute atomic E-state index is 11.7. The first-order valence-electron chi connectivity index (χ1n) is 4.27. The summed E-state index contributed by atoms with van der Waals surface area (Å²) in [7, 11) is 0. The lowest BCUT2D eigenvalue weighted by atomic mass is 10.3. The van der Waals surface area contributed by atoms with Crippen LogP contribution >= 0.6 is 0 Å². The molecule has 0 saturated carbocycles. The van der Waals surface area contributed by atoms with Crippen molar-refractivity contribution in [2.75, 3.05) is 13.1 Å². The van der Waals surface area contributed by atoms with Crippen LogP contribution in [0.25, 0.3) is 0 Å². The van der Waals surface area contributed by atoms with Crippen LogP contribution in [0.5, 0.6) is 0 Å². The normalized spacial score (nSPS) is 9.44. The fourth-order valence-electron chi connectivity index (χ4n) is 1.09. The maximum atomic E-state index is 11.7. The molecule has 0 aliphatic carbocycles. The monoisotopic (exact) mass is 223 g/mol. The molecule has 7 nitrogen and oxygen atoms in total. The van der Waals surface area contributed by atoms with Crippen LogP contribution in [0, 0.1) is 12.3 Å². The van der Waals surface area contributed by atoms with Crippen LogP contribution in [0.3, 0.4) is 0 Å². The van der Waals surface area contributed by atoms with Crippen molar-refractivity contribution in [1.82, 2.24) is 14.9 Å². The molecule has 1 aromatic heterocycles. The average molecular weight is 223 g/mol. The van der Waals surface area contributed by atoms with Gasteiger partial charge in [0.2, 0.25) is 0 Å². The Bertz CT molecular complexity index is 493. The number of nitrogens with zero attached hydrogens (tertiary/aromatic N) is 1. The quantitative estimate of drug-likeness (QED) is 0.561. The molecule has 84 valence electrons. The van der Waals surface area contributed by atoms with E-state index in [0.29, 0.717) is 0 Å². The number of aliphatic carboxylic acids is 1. The van der Waals surface area contributed by atoms with Crippen LogP contribution in [0.1, 0.15) is 10.5 Å². The molecule has 1 aromatic rings. The van der Waals surface area contributed by atoms with Gasteiger partial charge in [-0.05, 0) is 0 Å². The van der Waals surface area contributed by atoms with E-state index in [1.807, 2.05) is 0 Å². The van der Waals surface area contributed by atoms with Gasteiger partial charge in [0.25, 0.3) is 5.91 Å². The molecule has 7 heteroatoms. The van der Waals surface area contributed by atoms with Gasteiger partial charge in [-0.15, -0.1) is 6.42 Å². The van der Waals surface area contributed by atoms with Gasteiger partial charge in [0.1, 0.15) is 12.2 Å². The standard InChI is InChI=1S/C9H9N3O4/c1-2-3-12(5-7(13)14)8(15)6-4-10-9(16)11-6/h1,4H,3,5H2,(H,13,14)(H2,10,11,16). The molecule has 0 spiro atoms. The summed E-state index contributed by atoms with van der Waals surface area (Å²) < 4.78 is 0. The number of carbonyl (C=O) groups excluding carboxylic acids is 1. The molecule has 1 amide bonds. The fraction of sp³-hybridized carbons (Fsp3) is 0.222. The lowest BCUT2D eigenvalue weighted by molar-refractivity contribution is -0.137. The Balaban J connectivity index is 2.87. The Morgan fingerprint density at radius 2 is 2.25 bits per heavy atom. The van der Waals surface area contributed by atoms with Gasteiger partial charge in [-0.1, -0.05) is 5.92 Å². The highest BCUT2D eigenvalue weighted by molar-refractivity contribution is 5.94. The molecule has 0 radical (unpaired) electrons. The van der Waals surface area contributed by atoms with Gasteiger partial charge in [0, 0.05) is 6.20 Å². The van der Waals surface area contributed by atoms with E-state index in [2.05, 4.69) is 15.9 Å². The number of H-pyrrole nitrogens is 2. The number of carboxylic acid groups (broad SMARTS) is 1. The predicted molar refractivity (Wildman–Crippen MR) is 53.8 cm³/mol. The maximum Gasteiger partial charge on any atom is 0.323 e. The third-order valence-corrected chi connectivity index (χ3v) is 1.72. The summed E-state index contributed by atoms with van der Waals surface area (Å²) >= 11 is 0. The van der Waals surface area contributed by atoms with Gasteiger partial charge in [0.15, 0.2) is 0 Å². The summed E-state index contributed by atoms with van der Waals surface area (Å²) in [6.07, 6.45) is 6.17. The summed E-state index contributed by atoms with van der Waals surface area (Å²) in [5, 5.41) is 8.57. The average Bonchev–Trinajstić information content (AvgIpc) is 2.62. The zero-order valence-corrected chi connectivity index (χ0v) is 8.19. The Kier molecular flexibility index (Phi) is 3.50. The first kappa shape index (κ1) is 11.6. The predicted octanol–water partition coefficient (Wildman–Crippen LogP) is -1.14. The molecule has 0 aromatic carbocycles. The summed E-state index contributed by atoms with van der Waals surface area (Å²) in [5.41, 5.74) is -0.569. The van der Waals surface area contributed by atoms with Crippen molar-refractivity contribution in [3.8, 4) is 12.3 Å². The number of hydrogen-bond acceptors (Lipinski definition) is 3. The number of aromatic amines is 2. The number of terminal acetylenes is 1. The molecule has 0 aliphatic rings. The second-order valence-electron chi connectivity index (χ2n) is 2.92. The van der Waals surface area contributed by atoms with E-state index in [-0.39, 0.29) is 12.2 Å². The number of rotatable bonds is 4. The van der Waals surface area contributed by atoms with Crippen molar-refractivity contribution >= 4 is 11.9 Å². The molecular formula is C9H9N3O4. The van der Waals surface area contributed by atoms with Gasteiger partial charge < -0.3 is 20.0 Å². The number of imidazole rings is 1. The first-order valence-corrected chi connectivity index (χ1v) is 4.27. The van der Waals surface area contributed by atoms with Gasteiger partial charge >= 0.3 is 11.7 Å². The van der Waals surface area contributed by atoms with E-state index in [0.717, 1.165) is 11.1 Å². The first-order chi connectivity index (χ1) is 7.54. The van der Waals surface area contributed by atoms with Crippen molar-refractivity contribution in [3.63, 3.8) is 0 Å². The third-order valence-electron chi connectivity index (χ3n) is 1.72. The highest BCUT2D eigenvalue weighted by Gasteiger charge is 2.18. The van der Waals surface area contributed by atoms with Crippen molar-refractivity contribution < 1.29 is 14.7 Å². The van der Waals surface area contributed by atoms with E-state index < -0.39 is 24.1 Å². The van der Waals surface area contributed by atoms with Crippen LogP contribution in [0.15, 0.2) is 11.0 Å². The minimum absolute atomic E-state index is 0.0264. The molecule has 1 heterocycles. The molecule has 3 N–H and O–H groups in total. The molecule has 16 heavy (non-hydrogen) atoms. The second kappa shape index (κ2) is 4.84. The van der Waals surface area contributed by atoms with Crippen molar-refractivity contribution in [2.24, 2.45) is 0 Å². The van der Waals surface area contributed by atoms with Gasteiger partial charge in [-0.25, -0.2) is 4.79 Å². The minimum atomic E-state index is -1.18. The highest BCUT2D eigenvalue weighted by atomic mass is 16.4. The number of carboxylic acids is 1. The van der Waals surface area contributed by atoms with E-state index in [1.165, 1.54) is 0 Å².